The number of rotatable bonds is 5. The molecule has 0 saturated heterocycles. The van der Waals surface area contributed by atoms with E-state index in [1.165, 1.54) is 29.8 Å². The van der Waals surface area contributed by atoms with E-state index < -0.39 is 56.5 Å². The first kappa shape index (κ1) is 34.6. The number of aromatic nitrogens is 1. The second-order valence-electron chi connectivity index (χ2n) is 13.9. The normalized spacial score (nSPS) is 22.9. The van der Waals surface area contributed by atoms with Crippen molar-refractivity contribution in [1.82, 2.24) is 4.98 Å². The smallest absolute Gasteiger partial charge is 0.255 e. The molecule has 48 heavy (non-hydrogen) atoms. The Morgan fingerprint density at radius 2 is 1.25 bits per heavy atom. The lowest BCUT2D eigenvalue weighted by Gasteiger charge is -2.50. The molecule has 2 fully saturated rings. The van der Waals surface area contributed by atoms with Crippen molar-refractivity contribution < 1.29 is 43.9 Å². The van der Waals surface area contributed by atoms with Crippen LogP contribution in [0.5, 0.6) is 0 Å². The van der Waals surface area contributed by atoms with Crippen LogP contribution >= 0.6 is 10.0 Å². The quantitative estimate of drug-likeness (QED) is 0.149. The Hall–Kier alpha value is -3.22. The van der Waals surface area contributed by atoms with E-state index in [9.17, 15) is 26.3 Å². The zero-order valence-corrected chi connectivity index (χ0v) is 27.3. The molecule has 4 aromatic rings. The monoisotopic (exact) mass is 699 g/mol. The summed E-state index contributed by atoms with van der Waals surface area (Å²) in [6.07, 6.45) is 12.0. The number of halogens is 10. The molecule has 0 N–H and O–H groups in total. The number of hydrogen-bond acceptors (Lipinski definition) is 1. The zero-order valence-electron chi connectivity index (χ0n) is 26.5. The first-order valence-corrected chi connectivity index (χ1v) is 18.2. The molecule has 2 aliphatic carbocycles. The Kier molecular flexibility index (Phi) is 7.86. The topological polar surface area (TPSA) is 12.9 Å². The fourth-order valence-corrected chi connectivity index (χ4v) is 8.34. The van der Waals surface area contributed by atoms with Gasteiger partial charge in [0.15, 0.2) is 0 Å². The summed E-state index contributed by atoms with van der Waals surface area (Å²) in [6, 6.07) is 16.6. The maximum atomic E-state index is 15.3. The van der Waals surface area contributed by atoms with Crippen molar-refractivity contribution in [2.24, 2.45) is 0 Å². The molecule has 0 aliphatic heterocycles. The molecule has 2 aliphatic rings. The van der Waals surface area contributed by atoms with E-state index in [4.69, 9.17) is 0 Å². The number of hydrogen-bond donors (Lipinski definition) is 0. The van der Waals surface area contributed by atoms with E-state index >= 15 is 17.6 Å². The molecule has 13 heteroatoms. The van der Waals surface area contributed by atoms with Gasteiger partial charge in [-0.2, -0.15) is 43.9 Å². The Labute approximate surface area is 273 Å². The fraction of sp³-hybridized carbons (Fsp3) is 0.400. The van der Waals surface area contributed by atoms with Gasteiger partial charge in [-0.3, -0.25) is 4.98 Å². The fourth-order valence-electron chi connectivity index (χ4n) is 7.13. The van der Waals surface area contributed by atoms with Crippen molar-refractivity contribution in [3.8, 4) is 22.4 Å². The molecule has 256 valence electrons. The third-order valence-corrected chi connectivity index (χ3v) is 11.6. The van der Waals surface area contributed by atoms with Crippen LogP contribution in [0.1, 0.15) is 42.7 Å². The first-order chi connectivity index (χ1) is 22.1. The summed E-state index contributed by atoms with van der Waals surface area (Å²) in [7, 11) is 0.771. The molecule has 0 spiro atoms. The van der Waals surface area contributed by atoms with Gasteiger partial charge in [-0.05, 0) is 75.3 Å². The van der Waals surface area contributed by atoms with Gasteiger partial charge >= 0.3 is 29.6 Å². The third kappa shape index (κ3) is 4.88. The Morgan fingerprint density at radius 3 is 1.81 bits per heavy atom. The summed E-state index contributed by atoms with van der Waals surface area (Å²) < 4.78 is 148. The summed E-state index contributed by atoms with van der Waals surface area (Å²) in [4.78, 5) is 5.33. The third-order valence-electron chi connectivity index (χ3n) is 9.98. The average molecular weight is 700 g/mol. The minimum absolute atomic E-state index is 0.0383. The maximum absolute atomic E-state index is 15.3. The highest BCUT2D eigenvalue weighted by molar-refractivity contribution is 8.32. The second-order valence-corrected chi connectivity index (χ2v) is 18.1. The van der Waals surface area contributed by atoms with Crippen LogP contribution in [0.25, 0.3) is 33.2 Å². The van der Waals surface area contributed by atoms with Crippen molar-refractivity contribution in [2.45, 2.75) is 71.4 Å². The number of nitrogens with zero attached hydrogens (tertiary/aromatic N) is 1. The lowest BCUT2D eigenvalue weighted by atomic mass is 9.63. The SMILES string of the molecule is BC1(c2ccc(-c3cc(-c4cc(C5C(F)(F)C(F)(F)C(F)(F)C(F)(F)C5(F)F)c5ccccc5c4)ncc3S(C)(C)C)cc2)CCCC1. The minimum Gasteiger partial charge on any atom is -0.255 e. The molecule has 3 aromatic carbocycles. The number of alkyl halides is 10. The van der Waals surface area contributed by atoms with E-state index in [-0.39, 0.29) is 22.0 Å². The summed E-state index contributed by atoms with van der Waals surface area (Å²) in [5.41, 5.74) is 1.28. The molecule has 2 saturated carbocycles. The summed E-state index contributed by atoms with van der Waals surface area (Å²) in [5.74, 6) is -37.5. The lowest BCUT2D eigenvalue weighted by Crippen LogP contribution is -2.76. The number of fused-ring (bicyclic) bond motifs is 1. The van der Waals surface area contributed by atoms with E-state index in [1.807, 2.05) is 43.0 Å². The summed E-state index contributed by atoms with van der Waals surface area (Å²) >= 11 is 0. The van der Waals surface area contributed by atoms with Crippen molar-refractivity contribution in [3.05, 3.63) is 84.1 Å². The van der Waals surface area contributed by atoms with Gasteiger partial charge in [0.05, 0.1) is 5.69 Å². The standard InChI is InChI=1S/C35H32BF10NS/c1-48(2,3)28-19-47-27(18-25(28)20-10-12-23(13-11-20)30(36)14-6-7-15-30)22-16-21-8-4-5-9-24(21)26(17-22)29-31(37,38)33(41,42)35(45,46)34(43,44)32(29,39)40/h4-5,8-13,16-19,29H,6-7,14-15,36H2,1-3H3. The predicted octanol–water partition coefficient (Wildman–Crippen LogP) is 10.3. The Bertz CT molecular complexity index is 1850. The molecule has 1 heterocycles. The largest absolute Gasteiger partial charge is 0.384 e. The van der Waals surface area contributed by atoms with Crippen LogP contribution in [0.3, 0.4) is 0 Å². The Morgan fingerprint density at radius 1 is 0.688 bits per heavy atom. The molecule has 6 rings (SSSR count). The van der Waals surface area contributed by atoms with Crippen LogP contribution in [0, 0.1) is 0 Å². The Balaban J connectivity index is 1.56. The van der Waals surface area contributed by atoms with Crippen molar-refractivity contribution >= 4 is 28.6 Å². The van der Waals surface area contributed by atoms with Gasteiger partial charge in [0.1, 0.15) is 13.8 Å². The van der Waals surface area contributed by atoms with Gasteiger partial charge in [-0.25, -0.2) is 10.0 Å². The van der Waals surface area contributed by atoms with Crippen LogP contribution in [0.2, 0.25) is 0 Å². The number of benzene rings is 3. The van der Waals surface area contributed by atoms with E-state index in [0.717, 1.165) is 42.2 Å². The van der Waals surface area contributed by atoms with Gasteiger partial charge in [0.25, 0.3) is 0 Å². The molecular weight excluding hydrogens is 667 g/mol. The first-order valence-electron chi connectivity index (χ1n) is 15.3. The molecule has 0 atom stereocenters. The average Bonchev–Trinajstić information content (AvgIpc) is 3.46. The van der Waals surface area contributed by atoms with Gasteiger partial charge in [0.2, 0.25) is 0 Å². The molecule has 1 aromatic heterocycles. The summed E-state index contributed by atoms with van der Waals surface area (Å²) in [6.45, 7) is 0. The van der Waals surface area contributed by atoms with Crippen LogP contribution in [0.4, 0.5) is 43.9 Å². The summed E-state index contributed by atoms with van der Waals surface area (Å²) in [5, 5.41) is -0.486. The zero-order chi connectivity index (χ0) is 35.3. The van der Waals surface area contributed by atoms with Gasteiger partial charge in [-0.1, -0.05) is 74.2 Å². The molecule has 0 bridgehead atoms. The van der Waals surface area contributed by atoms with Crippen molar-refractivity contribution in [3.63, 3.8) is 0 Å². The van der Waals surface area contributed by atoms with Crippen molar-refractivity contribution in [1.29, 1.82) is 0 Å². The van der Waals surface area contributed by atoms with E-state index in [2.05, 4.69) is 12.8 Å². The van der Waals surface area contributed by atoms with E-state index in [0.29, 0.717) is 11.6 Å². The predicted molar refractivity (Wildman–Crippen MR) is 172 cm³/mol. The van der Waals surface area contributed by atoms with Crippen LogP contribution in [-0.4, -0.2) is 61.2 Å². The van der Waals surface area contributed by atoms with Crippen molar-refractivity contribution in [2.75, 3.05) is 18.8 Å². The van der Waals surface area contributed by atoms with Gasteiger partial charge in [-0.15, -0.1) is 0 Å². The highest BCUT2D eigenvalue weighted by Gasteiger charge is 2.95. The molecule has 1 nitrogen and oxygen atoms in total. The van der Waals surface area contributed by atoms with E-state index in [1.54, 1.807) is 12.3 Å². The van der Waals surface area contributed by atoms with Gasteiger partial charge in [0, 0.05) is 16.7 Å². The lowest BCUT2D eigenvalue weighted by molar-refractivity contribution is -0.451. The highest BCUT2D eigenvalue weighted by Crippen LogP contribution is 2.70. The number of pyridine rings is 1. The van der Waals surface area contributed by atoms with Crippen LogP contribution in [0.15, 0.2) is 77.8 Å². The highest BCUT2D eigenvalue weighted by atomic mass is 32.3. The van der Waals surface area contributed by atoms with Gasteiger partial charge < -0.3 is 0 Å². The molecular formula is C35H32BF10NS. The molecule has 0 radical (unpaired) electrons. The molecule has 0 amide bonds. The maximum Gasteiger partial charge on any atom is 0.384 e. The van der Waals surface area contributed by atoms with Crippen LogP contribution in [-0.2, 0) is 5.31 Å². The van der Waals surface area contributed by atoms with Crippen LogP contribution < -0.4 is 0 Å². The minimum atomic E-state index is -7.04. The molecule has 0 unspecified atom stereocenters. The second kappa shape index (κ2) is 10.9.